The molecule has 0 saturated carbocycles. The van der Waals surface area contributed by atoms with Crippen molar-refractivity contribution in [3.05, 3.63) is 111 Å². The lowest BCUT2D eigenvalue weighted by atomic mass is 9.81. The van der Waals surface area contributed by atoms with E-state index < -0.39 is 11.9 Å². The average molecular weight is 574 g/mol. The fourth-order valence-electron chi connectivity index (χ4n) is 4.31. The van der Waals surface area contributed by atoms with Gasteiger partial charge in [0.05, 0.1) is 52.8 Å². The van der Waals surface area contributed by atoms with Crippen LogP contribution in [-0.2, 0) is 14.3 Å². The number of thioether (sulfide) groups is 1. The molecule has 0 bridgehead atoms. The van der Waals surface area contributed by atoms with E-state index in [1.54, 1.807) is 55.5 Å². The highest BCUT2D eigenvalue weighted by atomic mass is 35.5. The van der Waals surface area contributed by atoms with Crippen LogP contribution in [0.2, 0.25) is 5.02 Å². The molecule has 3 aromatic rings. The van der Waals surface area contributed by atoms with Gasteiger partial charge in [-0.25, -0.2) is 4.79 Å². The summed E-state index contributed by atoms with van der Waals surface area (Å²) in [4.78, 5) is 26.3. The highest BCUT2D eigenvalue weighted by Gasteiger charge is 2.38. The van der Waals surface area contributed by atoms with Crippen molar-refractivity contribution in [2.24, 2.45) is 0 Å². The van der Waals surface area contributed by atoms with E-state index in [0.29, 0.717) is 39.4 Å². The van der Waals surface area contributed by atoms with Gasteiger partial charge >= 0.3 is 5.97 Å². The third-order valence-electron chi connectivity index (χ3n) is 6.02. The predicted octanol–water partition coefficient (Wildman–Crippen LogP) is 6.51. The van der Waals surface area contributed by atoms with Gasteiger partial charge in [-0.15, -0.1) is 0 Å². The number of dihydropyridines is 1. The van der Waals surface area contributed by atoms with Crippen molar-refractivity contribution in [1.29, 1.82) is 5.26 Å². The van der Waals surface area contributed by atoms with Crippen LogP contribution < -0.4 is 15.4 Å². The number of nitrogens with zero attached hydrogens (tertiary/aromatic N) is 1. The van der Waals surface area contributed by atoms with Gasteiger partial charge in [0.1, 0.15) is 5.75 Å². The van der Waals surface area contributed by atoms with E-state index in [9.17, 15) is 14.9 Å². The standard InChI is InChI=1S/C31H28ClN3O4S/c1-3-38-22-16-14-21(15-17-22)34-26(36)19-40-30-24(18-33)27(23-12-8-9-13-25(23)32)28(31(37)39-4-2)29(35-30)20-10-6-5-7-11-20/h5-17,27,35H,3-4,19H2,1-2H3,(H,34,36). The Morgan fingerprint density at radius 3 is 2.35 bits per heavy atom. The van der Waals surface area contributed by atoms with Gasteiger partial charge in [0, 0.05) is 10.7 Å². The Labute approximate surface area is 242 Å². The molecular formula is C31H28ClN3O4S. The molecule has 0 radical (unpaired) electrons. The summed E-state index contributed by atoms with van der Waals surface area (Å²) in [6.45, 7) is 4.35. The predicted molar refractivity (Wildman–Crippen MR) is 159 cm³/mol. The van der Waals surface area contributed by atoms with Gasteiger partial charge in [-0.1, -0.05) is 71.9 Å². The van der Waals surface area contributed by atoms with Crippen molar-refractivity contribution in [3.63, 3.8) is 0 Å². The van der Waals surface area contributed by atoms with Crippen molar-refractivity contribution in [2.75, 3.05) is 24.3 Å². The second kappa shape index (κ2) is 13.7. The van der Waals surface area contributed by atoms with E-state index in [-0.39, 0.29) is 29.4 Å². The lowest BCUT2D eigenvalue weighted by Crippen LogP contribution is -2.30. The number of amides is 1. The van der Waals surface area contributed by atoms with E-state index in [4.69, 9.17) is 21.1 Å². The van der Waals surface area contributed by atoms with E-state index in [1.807, 2.05) is 37.3 Å². The SMILES string of the molecule is CCOC(=O)C1=C(c2ccccc2)NC(SCC(=O)Nc2ccc(OCC)cc2)=C(C#N)C1c1ccccc1Cl. The minimum Gasteiger partial charge on any atom is -0.494 e. The van der Waals surface area contributed by atoms with Gasteiger partial charge in [-0.2, -0.15) is 5.26 Å². The first-order chi connectivity index (χ1) is 19.5. The molecule has 0 fully saturated rings. The molecule has 2 N–H and O–H groups in total. The first-order valence-electron chi connectivity index (χ1n) is 12.7. The summed E-state index contributed by atoms with van der Waals surface area (Å²) in [5.74, 6) is -0.869. The van der Waals surface area contributed by atoms with Gasteiger partial charge in [0.25, 0.3) is 0 Å². The number of carbonyl (C=O) groups is 2. The molecule has 40 heavy (non-hydrogen) atoms. The fraction of sp³-hybridized carbons (Fsp3) is 0.194. The number of esters is 1. The number of rotatable bonds is 10. The Morgan fingerprint density at radius 1 is 1.00 bits per heavy atom. The van der Waals surface area contributed by atoms with Gasteiger partial charge in [-0.05, 0) is 55.3 Å². The number of halogens is 1. The molecule has 0 aliphatic carbocycles. The first-order valence-corrected chi connectivity index (χ1v) is 14.1. The van der Waals surface area contributed by atoms with Crippen molar-refractivity contribution in [2.45, 2.75) is 19.8 Å². The summed E-state index contributed by atoms with van der Waals surface area (Å²) in [5.41, 5.74) is 3.00. The van der Waals surface area contributed by atoms with Crippen molar-refractivity contribution in [3.8, 4) is 11.8 Å². The number of nitrogens with one attached hydrogen (secondary N) is 2. The molecule has 9 heteroatoms. The van der Waals surface area contributed by atoms with Gasteiger partial charge in [0.2, 0.25) is 5.91 Å². The maximum atomic E-state index is 13.4. The number of benzene rings is 3. The maximum Gasteiger partial charge on any atom is 0.337 e. The number of hydrogen-bond acceptors (Lipinski definition) is 7. The summed E-state index contributed by atoms with van der Waals surface area (Å²) in [7, 11) is 0. The largest absolute Gasteiger partial charge is 0.494 e. The number of anilines is 1. The zero-order valence-corrected chi connectivity index (χ0v) is 23.6. The lowest BCUT2D eigenvalue weighted by Gasteiger charge is -2.31. The molecule has 7 nitrogen and oxygen atoms in total. The van der Waals surface area contributed by atoms with Crippen molar-refractivity contribution < 1.29 is 19.1 Å². The molecule has 1 unspecified atom stereocenters. The van der Waals surface area contributed by atoms with E-state index in [1.165, 1.54) is 11.8 Å². The fourth-order valence-corrected chi connectivity index (χ4v) is 5.40. The maximum absolute atomic E-state index is 13.4. The van der Waals surface area contributed by atoms with Crippen LogP contribution in [0.15, 0.2) is 95.0 Å². The first kappa shape index (κ1) is 28.8. The van der Waals surface area contributed by atoms with Crippen LogP contribution in [-0.4, -0.2) is 30.8 Å². The highest BCUT2D eigenvalue weighted by molar-refractivity contribution is 8.03. The molecule has 0 saturated heterocycles. The van der Waals surface area contributed by atoms with Crippen molar-refractivity contribution in [1.82, 2.24) is 5.32 Å². The summed E-state index contributed by atoms with van der Waals surface area (Å²) in [5, 5.41) is 17.4. The molecule has 0 aromatic heterocycles. The van der Waals surface area contributed by atoms with Gasteiger partial charge < -0.3 is 20.1 Å². The average Bonchev–Trinajstić information content (AvgIpc) is 2.97. The number of carbonyl (C=O) groups excluding carboxylic acids is 2. The minimum absolute atomic E-state index is 0.0206. The Balaban J connectivity index is 1.71. The third kappa shape index (κ3) is 6.68. The van der Waals surface area contributed by atoms with Crippen LogP contribution >= 0.6 is 23.4 Å². The van der Waals surface area contributed by atoms with Crippen LogP contribution in [0.25, 0.3) is 5.70 Å². The van der Waals surface area contributed by atoms with Crippen LogP contribution in [0.1, 0.15) is 30.9 Å². The molecule has 1 aliphatic rings. The monoisotopic (exact) mass is 573 g/mol. The summed E-state index contributed by atoms with van der Waals surface area (Å²) in [6.07, 6.45) is 0. The molecule has 3 aromatic carbocycles. The molecule has 204 valence electrons. The number of allylic oxidation sites excluding steroid dienone is 1. The second-order valence-electron chi connectivity index (χ2n) is 8.60. The number of hydrogen-bond donors (Lipinski definition) is 2. The lowest BCUT2D eigenvalue weighted by molar-refractivity contribution is -0.138. The van der Waals surface area contributed by atoms with Crippen molar-refractivity contribution >= 4 is 46.6 Å². The Morgan fingerprint density at radius 2 is 1.70 bits per heavy atom. The van der Waals surface area contributed by atoms with Crippen LogP contribution in [0.4, 0.5) is 5.69 Å². The Bertz CT molecular complexity index is 1480. The zero-order chi connectivity index (χ0) is 28.5. The molecule has 1 heterocycles. The summed E-state index contributed by atoms with van der Waals surface area (Å²) >= 11 is 7.79. The number of nitriles is 1. The van der Waals surface area contributed by atoms with Gasteiger partial charge in [-0.3, -0.25) is 4.79 Å². The van der Waals surface area contributed by atoms with Crippen LogP contribution in [0, 0.1) is 11.3 Å². The Kier molecular flexibility index (Phi) is 9.90. The quantitative estimate of drug-likeness (QED) is 0.267. The molecule has 1 aliphatic heterocycles. The molecular weight excluding hydrogens is 546 g/mol. The van der Waals surface area contributed by atoms with Gasteiger partial charge in [0.15, 0.2) is 0 Å². The van der Waals surface area contributed by atoms with Crippen LogP contribution in [0.3, 0.4) is 0 Å². The normalized spacial score (nSPS) is 14.7. The summed E-state index contributed by atoms with van der Waals surface area (Å²) in [6, 6.07) is 25.8. The molecule has 4 rings (SSSR count). The summed E-state index contributed by atoms with van der Waals surface area (Å²) < 4.78 is 10.9. The minimum atomic E-state index is -0.800. The van der Waals surface area contributed by atoms with Crippen LogP contribution in [0.5, 0.6) is 5.75 Å². The highest BCUT2D eigenvalue weighted by Crippen LogP contribution is 2.45. The molecule has 1 amide bonds. The molecule has 0 spiro atoms. The topological polar surface area (TPSA) is 100 Å². The number of ether oxygens (including phenoxy) is 2. The van der Waals surface area contributed by atoms with E-state index in [2.05, 4.69) is 16.7 Å². The second-order valence-corrected chi connectivity index (χ2v) is 10.00. The Hall–Kier alpha value is -4.19. The third-order valence-corrected chi connectivity index (χ3v) is 7.38. The zero-order valence-electron chi connectivity index (χ0n) is 22.1. The smallest absolute Gasteiger partial charge is 0.337 e. The molecule has 1 atom stereocenters. The van der Waals surface area contributed by atoms with E-state index >= 15 is 0 Å². The van der Waals surface area contributed by atoms with E-state index in [0.717, 1.165) is 5.56 Å².